The molecular weight excluding hydrogens is 250 g/mol. The largest absolute Gasteiger partial charge is 0.517 e. The molecule has 2 rings (SSSR count). The Kier molecular flexibility index (Phi) is 4.10. The second kappa shape index (κ2) is 5.75. The molecule has 0 aromatic carbocycles. The van der Waals surface area contributed by atoms with Gasteiger partial charge < -0.3 is 20.6 Å². The highest BCUT2D eigenvalue weighted by Crippen LogP contribution is 2.15. The molecule has 98 valence electrons. The zero-order valence-corrected chi connectivity index (χ0v) is 8.70. The van der Waals surface area contributed by atoms with Gasteiger partial charge in [0.15, 0.2) is 0 Å². The molecule has 1 fully saturated rings. The fourth-order valence-corrected chi connectivity index (χ4v) is 0.563. The first kappa shape index (κ1) is 12.8. The van der Waals surface area contributed by atoms with E-state index in [1.54, 1.807) is 0 Å². The third-order valence-corrected chi connectivity index (χ3v) is 1.29. The van der Waals surface area contributed by atoms with E-state index in [9.17, 15) is 4.79 Å². The van der Waals surface area contributed by atoms with E-state index in [-0.39, 0.29) is 11.9 Å². The van der Waals surface area contributed by atoms with Crippen molar-refractivity contribution in [2.45, 2.75) is 0 Å². The number of hydrazine groups is 3. The van der Waals surface area contributed by atoms with Crippen molar-refractivity contribution in [2.24, 2.45) is 43.9 Å². The molecule has 15 nitrogen and oxygen atoms in total. The van der Waals surface area contributed by atoms with Gasteiger partial charge in [0, 0.05) is 0 Å². The number of hydrogen-bond acceptors (Lipinski definition) is 7. The molecule has 2 aliphatic rings. The van der Waals surface area contributed by atoms with Crippen LogP contribution in [0, 0.1) is 0 Å². The van der Waals surface area contributed by atoms with Crippen molar-refractivity contribution in [3.8, 4) is 0 Å². The summed E-state index contributed by atoms with van der Waals surface area (Å²) >= 11 is 0. The minimum absolute atomic E-state index is 0.00384. The number of rotatable bonds is 0. The summed E-state index contributed by atoms with van der Waals surface area (Å²) < 4.78 is 0. The lowest BCUT2D eigenvalue weighted by atomic mass is 11.1. The Hall–Kier alpha value is -3.23. The summed E-state index contributed by atoms with van der Waals surface area (Å²) in [5.41, 5.74) is 13.4. The van der Waals surface area contributed by atoms with Crippen LogP contribution >= 0.6 is 0 Å². The van der Waals surface area contributed by atoms with Crippen molar-refractivity contribution >= 4 is 18.0 Å². The number of hydrogen-bond donors (Lipinski definition) is 5. The van der Waals surface area contributed by atoms with Gasteiger partial charge >= 0.3 is 11.9 Å². The van der Waals surface area contributed by atoms with Crippen LogP contribution in [0.1, 0.15) is 0 Å². The van der Waals surface area contributed by atoms with Crippen molar-refractivity contribution in [3.63, 3.8) is 0 Å². The molecule has 1 amide bonds. The van der Waals surface area contributed by atoms with Gasteiger partial charge in [-0.15, -0.1) is 0 Å². The van der Waals surface area contributed by atoms with Gasteiger partial charge in [0.2, 0.25) is 6.09 Å². The van der Waals surface area contributed by atoms with Crippen LogP contribution in [0.25, 0.3) is 11.0 Å². The summed E-state index contributed by atoms with van der Waals surface area (Å²) in [6.07, 6.45) is -0.824. The van der Waals surface area contributed by atoms with Crippen molar-refractivity contribution < 1.29 is 19.2 Å². The summed E-state index contributed by atoms with van der Waals surface area (Å²) in [5, 5.41) is 13.0. The van der Waals surface area contributed by atoms with E-state index in [2.05, 4.69) is 36.5 Å². The normalized spacial score (nSPS) is 15.3. The van der Waals surface area contributed by atoms with Gasteiger partial charge in [-0.1, -0.05) is 4.79 Å². The number of nitrogens with one attached hydrogen (secondary N) is 1. The minimum Gasteiger partial charge on any atom is -0.517 e. The Bertz CT molecular complexity index is 427. The molecule has 0 saturated carbocycles. The quantitative estimate of drug-likeness (QED) is 0.102. The highest BCUT2D eigenvalue weighted by molar-refractivity contribution is 5.84. The summed E-state index contributed by atoms with van der Waals surface area (Å²) in [6.45, 7) is 0. The molecule has 9 N–H and O–H groups in total. The third-order valence-electron chi connectivity index (χ3n) is 1.29. The Morgan fingerprint density at radius 1 is 1.39 bits per heavy atom. The van der Waals surface area contributed by atoms with Gasteiger partial charge in [0.05, 0.1) is 20.7 Å². The highest BCUT2D eigenvalue weighted by Gasteiger charge is 2.13. The van der Waals surface area contributed by atoms with Gasteiger partial charge in [0.1, 0.15) is 0 Å². The molecule has 0 aliphatic carbocycles. The lowest BCUT2D eigenvalue weighted by molar-refractivity contribution is -0.554. The van der Waals surface area contributed by atoms with E-state index in [1.165, 1.54) is 0 Å². The van der Waals surface area contributed by atoms with Crippen LogP contribution in [-0.2, 0) is 4.84 Å². The van der Waals surface area contributed by atoms with Gasteiger partial charge in [-0.05, 0) is 0 Å². The van der Waals surface area contributed by atoms with E-state index < -0.39 is 6.09 Å². The zero-order valence-electron chi connectivity index (χ0n) is 8.70. The average Bonchev–Trinajstić information content (AvgIpc) is 2.98. The number of carbonyl (C=O) groups is 1. The van der Waals surface area contributed by atoms with Crippen molar-refractivity contribution in [3.05, 3.63) is 11.0 Å². The molecule has 15 heteroatoms. The van der Waals surface area contributed by atoms with Crippen molar-refractivity contribution in [1.29, 1.82) is 0 Å². The van der Waals surface area contributed by atoms with Gasteiger partial charge in [-0.3, -0.25) is 22.2 Å². The van der Waals surface area contributed by atoms with E-state index >= 15 is 0 Å². The monoisotopic (exact) mass is 259 g/mol. The van der Waals surface area contributed by atoms with Crippen molar-refractivity contribution in [2.75, 3.05) is 0 Å². The first-order valence-corrected chi connectivity index (χ1v) is 4.05. The van der Waals surface area contributed by atoms with Crippen LogP contribution in [0.2, 0.25) is 0 Å². The molecule has 0 bridgehead atoms. The van der Waals surface area contributed by atoms with Crippen LogP contribution in [-0.4, -0.2) is 27.6 Å². The molecule has 0 aromatic rings. The van der Waals surface area contributed by atoms with E-state index in [0.717, 1.165) is 4.79 Å². The topological polar surface area (TPSA) is 226 Å². The van der Waals surface area contributed by atoms with Crippen LogP contribution < -0.4 is 28.7 Å². The smallest absolute Gasteiger partial charge is 0.457 e. The molecule has 18 heavy (non-hydrogen) atoms. The number of nitrogens with zero attached hydrogens (tertiary/aromatic N) is 8. The number of hydrazone groups is 2. The van der Waals surface area contributed by atoms with Crippen molar-refractivity contribution in [1.82, 2.24) is 5.43 Å². The molecular formula is C3H9N13O2. The average molecular weight is 259 g/mol. The molecule has 0 spiro atoms. The molecule has 1 saturated heterocycles. The lowest BCUT2D eigenvalue weighted by Crippen LogP contribution is -2.49. The first-order chi connectivity index (χ1) is 8.54. The first-order valence-electron chi connectivity index (χ1n) is 4.05. The highest BCUT2D eigenvalue weighted by atomic mass is 16.8. The van der Waals surface area contributed by atoms with Crippen LogP contribution in [0.3, 0.4) is 0 Å². The maximum atomic E-state index is 10.3. The number of carbonyl (C=O) groups excluding carboxylic acids is 1. The third kappa shape index (κ3) is 3.41. The number of guanidine groups is 2. The van der Waals surface area contributed by atoms with Gasteiger partial charge in [0.25, 0.3) is 0 Å². The van der Waals surface area contributed by atoms with E-state index in [4.69, 9.17) is 23.3 Å². The second-order valence-electron chi connectivity index (χ2n) is 2.44. The molecule has 0 atom stereocenters. The SMILES string of the molecule is NNC(N)=[N+](N)N.O=C1[N-][N+](=C2N=NN=N2)[N-]O1. The lowest BCUT2D eigenvalue weighted by Gasteiger charge is -2.14. The van der Waals surface area contributed by atoms with E-state index in [1.807, 2.05) is 5.43 Å². The predicted octanol–water partition coefficient (Wildman–Crippen LogP) is -2.65. The second-order valence-corrected chi connectivity index (χ2v) is 2.44. The van der Waals surface area contributed by atoms with Gasteiger partial charge in [-0.25, -0.2) is 5.43 Å². The summed E-state index contributed by atoms with van der Waals surface area (Å²) in [4.78, 5) is 15.9. The van der Waals surface area contributed by atoms with Crippen LogP contribution in [0.15, 0.2) is 20.7 Å². The number of amides is 1. The van der Waals surface area contributed by atoms with Gasteiger partial charge in [-0.2, -0.15) is 5.84 Å². The maximum Gasteiger partial charge on any atom is 0.457 e. The Labute approximate surface area is 98.6 Å². The standard InChI is InChI=1S/C2N7O2.CH8N6/c10-2-5-9(8-11-2)1-3-6-7-4-1;2-1(6-3)7(4)5/h;3-5H2,(H2,2,6)/q-1;/p+1. The zero-order chi connectivity index (χ0) is 13.5. The molecule has 0 aromatic heterocycles. The fraction of sp³-hybridized carbons (Fsp3) is 0. The number of nitrogens with two attached hydrogens (primary N) is 4. The summed E-state index contributed by atoms with van der Waals surface area (Å²) in [7, 11) is 0. The summed E-state index contributed by atoms with van der Waals surface area (Å²) in [5.74, 6) is 14.5. The predicted molar refractivity (Wildman–Crippen MR) is 53.3 cm³/mol. The Morgan fingerprint density at radius 3 is 2.33 bits per heavy atom. The molecule has 0 unspecified atom stereocenters. The molecule has 2 heterocycles. The Morgan fingerprint density at radius 2 is 2.00 bits per heavy atom. The summed E-state index contributed by atoms with van der Waals surface area (Å²) in [6, 6.07) is 0. The molecule has 2 aliphatic heterocycles. The maximum absolute atomic E-state index is 10.3. The van der Waals surface area contributed by atoms with E-state index in [0.29, 0.717) is 4.79 Å². The molecule has 0 radical (unpaired) electrons. The van der Waals surface area contributed by atoms with Crippen LogP contribution in [0.4, 0.5) is 4.79 Å². The fourth-order valence-electron chi connectivity index (χ4n) is 0.563. The Balaban J connectivity index is 0.000000203. The van der Waals surface area contributed by atoms with Crippen LogP contribution in [0.5, 0.6) is 0 Å². The minimum atomic E-state index is -0.824.